The molecule has 3 rings (SSSR count). The minimum Gasteiger partial charge on any atom is -0.354 e. The Morgan fingerprint density at radius 2 is 1.33 bits per heavy atom. The third-order valence-corrected chi connectivity index (χ3v) is 3.87. The summed E-state index contributed by atoms with van der Waals surface area (Å²) in [6, 6.07) is 10.4. The molecular weight excluding hydrogens is 376 g/mol. The number of H-pyrrole nitrogens is 1. The van der Waals surface area contributed by atoms with Crippen LogP contribution in [0.15, 0.2) is 48.5 Å². The van der Waals surface area contributed by atoms with Crippen LogP contribution < -0.4 is 0 Å². The standard InChI is InChI=1S/C18H9F6NO2/c19-17(20,21)15(26)10-7-4-8-11-12(10)13(16(27)18(22,23)24)14(25-11)9-5-2-1-3-6-9/h1-8,25H. The highest BCUT2D eigenvalue weighted by molar-refractivity contribution is 6.21. The molecule has 3 nitrogen and oxygen atoms in total. The Kier molecular flexibility index (Phi) is 4.33. The molecule has 0 aliphatic carbocycles. The van der Waals surface area contributed by atoms with E-state index in [0.29, 0.717) is 0 Å². The van der Waals surface area contributed by atoms with Crippen LogP contribution in [-0.2, 0) is 0 Å². The zero-order chi connectivity index (χ0) is 20.0. The molecule has 0 radical (unpaired) electrons. The van der Waals surface area contributed by atoms with Crippen molar-refractivity contribution in [3.05, 3.63) is 59.7 Å². The number of halogens is 6. The van der Waals surface area contributed by atoms with E-state index in [1.165, 1.54) is 30.3 Å². The van der Waals surface area contributed by atoms with Gasteiger partial charge in [-0.3, -0.25) is 9.59 Å². The third-order valence-electron chi connectivity index (χ3n) is 3.87. The molecular formula is C18H9F6NO2. The van der Waals surface area contributed by atoms with Gasteiger partial charge in [0.1, 0.15) is 0 Å². The molecule has 140 valence electrons. The van der Waals surface area contributed by atoms with E-state index >= 15 is 0 Å². The fourth-order valence-corrected chi connectivity index (χ4v) is 2.78. The summed E-state index contributed by atoms with van der Waals surface area (Å²) < 4.78 is 78.1. The maximum absolute atomic E-state index is 13.1. The highest BCUT2D eigenvalue weighted by Gasteiger charge is 2.45. The van der Waals surface area contributed by atoms with Crippen LogP contribution >= 0.6 is 0 Å². The van der Waals surface area contributed by atoms with Gasteiger partial charge in [0, 0.05) is 16.5 Å². The van der Waals surface area contributed by atoms with Crippen LogP contribution in [0.5, 0.6) is 0 Å². The van der Waals surface area contributed by atoms with Gasteiger partial charge in [-0.1, -0.05) is 42.5 Å². The molecule has 0 atom stereocenters. The fraction of sp³-hybridized carbons (Fsp3) is 0.111. The number of nitrogens with one attached hydrogen (secondary N) is 1. The minimum atomic E-state index is -5.34. The van der Waals surface area contributed by atoms with Crippen LogP contribution in [0, 0.1) is 0 Å². The van der Waals surface area contributed by atoms with Crippen LogP contribution in [-0.4, -0.2) is 28.9 Å². The molecule has 1 heterocycles. The summed E-state index contributed by atoms with van der Waals surface area (Å²) in [6.45, 7) is 0. The van der Waals surface area contributed by atoms with E-state index in [0.717, 1.165) is 12.1 Å². The largest absolute Gasteiger partial charge is 0.454 e. The first-order valence-corrected chi connectivity index (χ1v) is 7.45. The SMILES string of the molecule is O=C(c1cccc2[nH]c(-c3ccccc3)c(C(=O)C(F)(F)F)c12)C(F)(F)F. The molecule has 0 aliphatic rings. The van der Waals surface area contributed by atoms with E-state index < -0.39 is 40.4 Å². The number of carbonyl (C=O) groups excluding carboxylic acids is 2. The lowest BCUT2D eigenvalue weighted by Crippen LogP contribution is -2.25. The minimum absolute atomic E-state index is 0.159. The molecule has 2 aromatic carbocycles. The first kappa shape index (κ1) is 18.7. The molecule has 27 heavy (non-hydrogen) atoms. The number of ketones is 2. The lowest BCUT2D eigenvalue weighted by atomic mass is 9.96. The molecule has 0 saturated heterocycles. The number of aromatic nitrogens is 1. The van der Waals surface area contributed by atoms with Gasteiger partial charge in [-0.2, -0.15) is 26.3 Å². The predicted molar refractivity (Wildman–Crippen MR) is 84.5 cm³/mol. The number of alkyl halides is 6. The molecule has 0 bridgehead atoms. The van der Waals surface area contributed by atoms with Crippen molar-refractivity contribution in [2.45, 2.75) is 12.4 Å². The average Bonchev–Trinajstić information content (AvgIpc) is 2.99. The van der Waals surface area contributed by atoms with Gasteiger partial charge >= 0.3 is 12.4 Å². The Hall–Kier alpha value is -3.10. The molecule has 0 fully saturated rings. The van der Waals surface area contributed by atoms with E-state index in [2.05, 4.69) is 4.98 Å². The predicted octanol–water partition coefficient (Wildman–Crippen LogP) is 5.32. The summed E-state index contributed by atoms with van der Waals surface area (Å²) in [5, 5.41) is -0.707. The van der Waals surface area contributed by atoms with Crippen LogP contribution in [0.4, 0.5) is 26.3 Å². The molecule has 0 spiro atoms. The van der Waals surface area contributed by atoms with Crippen molar-refractivity contribution in [2.24, 2.45) is 0 Å². The Morgan fingerprint density at radius 1 is 0.741 bits per heavy atom. The van der Waals surface area contributed by atoms with Crippen molar-refractivity contribution in [3.63, 3.8) is 0 Å². The number of aromatic amines is 1. The monoisotopic (exact) mass is 385 g/mol. The maximum Gasteiger partial charge on any atom is 0.454 e. The summed E-state index contributed by atoms with van der Waals surface area (Å²) in [6.07, 6.45) is -10.6. The van der Waals surface area contributed by atoms with Gasteiger partial charge in [0.05, 0.1) is 11.3 Å². The van der Waals surface area contributed by atoms with Crippen LogP contribution in [0.1, 0.15) is 20.7 Å². The molecule has 1 aromatic heterocycles. The van der Waals surface area contributed by atoms with Crippen molar-refractivity contribution >= 4 is 22.5 Å². The van der Waals surface area contributed by atoms with Gasteiger partial charge in [0.25, 0.3) is 11.6 Å². The zero-order valence-corrected chi connectivity index (χ0v) is 13.2. The summed E-state index contributed by atoms with van der Waals surface area (Å²) >= 11 is 0. The van der Waals surface area contributed by atoms with Crippen molar-refractivity contribution in [3.8, 4) is 11.3 Å². The van der Waals surface area contributed by atoms with Crippen molar-refractivity contribution < 1.29 is 35.9 Å². The lowest BCUT2D eigenvalue weighted by Gasteiger charge is -2.10. The highest BCUT2D eigenvalue weighted by Crippen LogP contribution is 2.38. The van der Waals surface area contributed by atoms with E-state index in [1.54, 1.807) is 6.07 Å². The first-order chi connectivity index (χ1) is 12.5. The Bertz CT molecular complexity index is 1030. The van der Waals surface area contributed by atoms with Crippen LogP contribution in [0.2, 0.25) is 0 Å². The third kappa shape index (κ3) is 3.32. The van der Waals surface area contributed by atoms with Gasteiger partial charge in [-0.15, -0.1) is 0 Å². The number of Topliss-reactive ketones (excluding diaryl/α,β-unsaturated/α-hetero) is 2. The summed E-state index contributed by atoms with van der Waals surface area (Å²) in [5.41, 5.74) is -2.37. The maximum atomic E-state index is 13.1. The number of rotatable bonds is 3. The molecule has 3 aromatic rings. The Labute approximate surface area is 147 Å². The number of carbonyl (C=O) groups is 2. The van der Waals surface area contributed by atoms with E-state index in [1.807, 2.05) is 0 Å². The van der Waals surface area contributed by atoms with Gasteiger partial charge in [-0.05, 0) is 11.6 Å². The van der Waals surface area contributed by atoms with E-state index in [-0.39, 0.29) is 16.8 Å². The second-order valence-corrected chi connectivity index (χ2v) is 5.62. The van der Waals surface area contributed by atoms with Gasteiger partial charge in [0.2, 0.25) is 0 Å². The second-order valence-electron chi connectivity index (χ2n) is 5.62. The van der Waals surface area contributed by atoms with Crippen LogP contribution in [0.3, 0.4) is 0 Å². The van der Waals surface area contributed by atoms with E-state index in [9.17, 15) is 35.9 Å². The quantitative estimate of drug-likeness (QED) is 0.490. The zero-order valence-electron chi connectivity index (χ0n) is 13.2. The number of benzene rings is 2. The highest BCUT2D eigenvalue weighted by atomic mass is 19.4. The van der Waals surface area contributed by atoms with Crippen molar-refractivity contribution in [1.82, 2.24) is 4.98 Å². The molecule has 9 heteroatoms. The average molecular weight is 385 g/mol. The summed E-state index contributed by atoms with van der Waals surface area (Å²) in [5.74, 6) is -4.67. The van der Waals surface area contributed by atoms with Crippen LogP contribution in [0.25, 0.3) is 22.2 Å². The van der Waals surface area contributed by atoms with Gasteiger partial charge in [-0.25, -0.2) is 0 Å². The van der Waals surface area contributed by atoms with Crippen molar-refractivity contribution in [1.29, 1.82) is 0 Å². The second kappa shape index (κ2) is 6.26. The smallest absolute Gasteiger partial charge is 0.354 e. The van der Waals surface area contributed by atoms with Gasteiger partial charge < -0.3 is 4.98 Å². The van der Waals surface area contributed by atoms with E-state index in [4.69, 9.17) is 0 Å². The number of fused-ring (bicyclic) bond motifs is 1. The Morgan fingerprint density at radius 3 is 1.89 bits per heavy atom. The summed E-state index contributed by atoms with van der Waals surface area (Å²) in [4.78, 5) is 26.3. The molecule has 0 unspecified atom stereocenters. The molecule has 1 N–H and O–H groups in total. The van der Waals surface area contributed by atoms with Gasteiger partial charge in [0.15, 0.2) is 0 Å². The fourth-order valence-electron chi connectivity index (χ4n) is 2.78. The topological polar surface area (TPSA) is 49.9 Å². The first-order valence-electron chi connectivity index (χ1n) is 7.45. The summed E-state index contributed by atoms with van der Waals surface area (Å²) in [7, 11) is 0. The normalized spacial score (nSPS) is 12.4. The lowest BCUT2D eigenvalue weighted by molar-refractivity contribution is -0.0885. The molecule has 0 amide bonds. The molecule has 0 saturated carbocycles. The Balaban J connectivity index is 2.42. The van der Waals surface area contributed by atoms with Crippen molar-refractivity contribution in [2.75, 3.05) is 0 Å². The molecule has 0 aliphatic heterocycles. The number of hydrogen-bond donors (Lipinski definition) is 1. The number of hydrogen-bond acceptors (Lipinski definition) is 2.